The smallest absolute Gasteiger partial charge is 0.338 e. The number of carbonyl (C=O) groups is 1. The molecule has 2 aliphatic heterocycles. The van der Waals surface area contributed by atoms with Gasteiger partial charge in [0, 0.05) is 20.1 Å². The number of hydrogen-bond donors (Lipinski definition) is 0. The average Bonchev–Trinajstić information content (AvgIpc) is 2.93. The van der Waals surface area contributed by atoms with Crippen molar-refractivity contribution in [3.05, 3.63) is 59.7 Å². The first-order valence-electron chi connectivity index (χ1n) is 9.45. The van der Waals surface area contributed by atoms with Gasteiger partial charge in [0.1, 0.15) is 0 Å². The van der Waals surface area contributed by atoms with Crippen molar-refractivity contribution in [2.24, 2.45) is 0 Å². The van der Waals surface area contributed by atoms with Gasteiger partial charge in [-0.1, -0.05) is 24.3 Å². The molecule has 0 atom stereocenters. The first-order valence-corrected chi connectivity index (χ1v) is 10.8. The third-order valence-corrected chi connectivity index (χ3v) is 7.48. The molecule has 0 unspecified atom stereocenters. The highest BCUT2D eigenvalue weighted by molar-refractivity contribution is 7.94. The van der Waals surface area contributed by atoms with Crippen LogP contribution in [0.25, 0.3) is 0 Å². The van der Waals surface area contributed by atoms with Crippen LogP contribution in [0.2, 0.25) is 0 Å². The average molecular weight is 439 g/mol. The Bertz CT molecular complexity index is 1080. The van der Waals surface area contributed by atoms with Crippen molar-refractivity contribution in [3.8, 4) is 0 Å². The first kappa shape index (κ1) is 20.5. The zero-order valence-electron chi connectivity index (χ0n) is 16.1. The maximum Gasteiger partial charge on any atom is 0.417 e. The number of carbonyl (C=O) groups excluding carboxylic acids is 1. The van der Waals surface area contributed by atoms with E-state index in [4.69, 9.17) is 0 Å². The molecule has 1 amide bonds. The highest BCUT2D eigenvalue weighted by Crippen LogP contribution is 2.42. The van der Waals surface area contributed by atoms with E-state index < -0.39 is 27.9 Å². The van der Waals surface area contributed by atoms with E-state index in [-0.39, 0.29) is 24.7 Å². The Kier molecular flexibility index (Phi) is 4.92. The van der Waals surface area contributed by atoms with Gasteiger partial charge in [-0.3, -0.25) is 9.10 Å². The largest absolute Gasteiger partial charge is 0.417 e. The van der Waals surface area contributed by atoms with E-state index in [2.05, 4.69) is 0 Å². The Labute approximate surface area is 172 Å². The molecule has 0 spiro atoms. The highest BCUT2D eigenvalue weighted by Gasteiger charge is 2.43. The van der Waals surface area contributed by atoms with Crippen molar-refractivity contribution in [3.63, 3.8) is 0 Å². The van der Waals surface area contributed by atoms with Gasteiger partial charge in [0.15, 0.2) is 0 Å². The number of alkyl halides is 3. The van der Waals surface area contributed by atoms with Crippen molar-refractivity contribution < 1.29 is 26.4 Å². The predicted octanol–water partition coefficient (Wildman–Crippen LogP) is 3.51. The van der Waals surface area contributed by atoms with E-state index in [0.29, 0.717) is 24.2 Å². The van der Waals surface area contributed by atoms with Crippen LogP contribution in [0.5, 0.6) is 0 Å². The summed E-state index contributed by atoms with van der Waals surface area (Å²) in [5, 5.41) is 0. The first-order chi connectivity index (χ1) is 14.1. The second-order valence-electron chi connectivity index (χ2n) is 7.33. The standard InChI is InChI=1S/C20H20F3N3O3S/c1-24-17-8-4-5-9-18(17)26(30(24,28)29)14-10-12-25(13-11-14)19(27)15-6-2-3-7-16(15)20(21,22)23/h2-9,14H,10-13H2,1H3. The van der Waals surface area contributed by atoms with Gasteiger partial charge >= 0.3 is 16.4 Å². The number of halogens is 3. The van der Waals surface area contributed by atoms with E-state index >= 15 is 0 Å². The molecule has 0 saturated carbocycles. The molecule has 2 heterocycles. The number of piperidine rings is 1. The predicted molar refractivity (Wildman–Crippen MR) is 107 cm³/mol. The zero-order chi connectivity index (χ0) is 21.7. The van der Waals surface area contributed by atoms with Crippen LogP contribution in [-0.4, -0.2) is 45.4 Å². The number of nitrogens with zero attached hydrogens (tertiary/aromatic N) is 3. The minimum Gasteiger partial charge on any atom is -0.338 e. The van der Waals surface area contributed by atoms with Crippen molar-refractivity contribution in [2.75, 3.05) is 28.7 Å². The fraction of sp³-hybridized carbons (Fsp3) is 0.350. The minimum atomic E-state index is -4.62. The van der Waals surface area contributed by atoms with Crippen molar-refractivity contribution in [1.82, 2.24) is 4.90 Å². The molecular formula is C20H20F3N3O3S. The van der Waals surface area contributed by atoms with Gasteiger partial charge in [-0.2, -0.15) is 21.6 Å². The Morgan fingerprint density at radius 2 is 1.53 bits per heavy atom. The summed E-state index contributed by atoms with van der Waals surface area (Å²) in [5.74, 6) is -0.692. The highest BCUT2D eigenvalue weighted by atomic mass is 32.2. The fourth-order valence-corrected chi connectivity index (χ4v) is 5.73. The van der Waals surface area contributed by atoms with Crippen molar-refractivity contribution in [2.45, 2.75) is 25.1 Å². The summed E-state index contributed by atoms with van der Waals surface area (Å²) in [6.07, 6.45) is -3.95. The van der Waals surface area contributed by atoms with Gasteiger partial charge in [-0.05, 0) is 37.1 Å². The van der Waals surface area contributed by atoms with Crippen molar-refractivity contribution in [1.29, 1.82) is 0 Å². The summed E-state index contributed by atoms with van der Waals surface area (Å²) in [6.45, 7) is 0.348. The summed E-state index contributed by atoms with van der Waals surface area (Å²) < 4.78 is 68.1. The molecular weight excluding hydrogens is 419 g/mol. The quantitative estimate of drug-likeness (QED) is 0.720. The van der Waals surface area contributed by atoms with Gasteiger partial charge in [0.2, 0.25) is 0 Å². The van der Waals surface area contributed by atoms with Crippen LogP contribution in [0.4, 0.5) is 24.5 Å². The minimum absolute atomic E-state index is 0.174. The summed E-state index contributed by atoms with van der Waals surface area (Å²) >= 11 is 0. The van der Waals surface area contributed by atoms with E-state index in [0.717, 1.165) is 6.07 Å². The Morgan fingerprint density at radius 1 is 0.967 bits per heavy atom. The third kappa shape index (κ3) is 3.28. The topological polar surface area (TPSA) is 60.9 Å². The second kappa shape index (κ2) is 7.19. The summed E-state index contributed by atoms with van der Waals surface area (Å²) in [6, 6.07) is 11.3. The van der Waals surface area contributed by atoms with Crippen LogP contribution in [0, 0.1) is 0 Å². The molecule has 1 saturated heterocycles. The molecule has 6 nitrogen and oxygen atoms in total. The molecule has 2 aromatic rings. The van der Waals surface area contributed by atoms with Gasteiger partial charge in [-0.25, -0.2) is 4.31 Å². The molecule has 2 aromatic carbocycles. The molecule has 0 aliphatic carbocycles. The molecule has 0 aromatic heterocycles. The van der Waals surface area contributed by atoms with E-state index in [1.54, 1.807) is 24.3 Å². The van der Waals surface area contributed by atoms with Gasteiger partial charge in [0.25, 0.3) is 5.91 Å². The van der Waals surface area contributed by atoms with Crippen LogP contribution in [0.15, 0.2) is 48.5 Å². The van der Waals surface area contributed by atoms with Crippen LogP contribution in [0.3, 0.4) is 0 Å². The molecule has 0 bridgehead atoms. The van der Waals surface area contributed by atoms with Crippen LogP contribution >= 0.6 is 0 Å². The third-order valence-electron chi connectivity index (χ3n) is 5.60. The van der Waals surface area contributed by atoms with Crippen LogP contribution in [-0.2, 0) is 16.4 Å². The number of fused-ring (bicyclic) bond motifs is 1. The second-order valence-corrected chi connectivity index (χ2v) is 9.16. The lowest BCUT2D eigenvalue weighted by Gasteiger charge is -2.37. The fourth-order valence-electron chi connectivity index (χ4n) is 4.07. The summed E-state index contributed by atoms with van der Waals surface area (Å²) in [4.78, 5) is 14.1. The lowest BCUT2D eigenvalue weighted by atomic mass is 10.0. The number of likely N-dealkylation sites (tertiary alicyclic amines) is 1. The number of hydrogen-bond acceptors (Lipinski definition) is 3. The normalized spacial score (nSPS) is 19.1. The van der Waals surface area contributed by atoms with Gasteiger partial charge in [-0.15, -0.1) is 0 Å². The van der Waals surface area contributed by atoms with Crippen LogP contribution < -0.4 is 8.61 Å². The monoisotopic (exact) mass is 439 g/mol. The number of benzene rings is 2. The maximum absolute atomic E-state index is 13.3. The number of rotatable bonds is 2. The molecule has 0 radical (unpaired) electrons. The van der Waals surface area contributed by atoms with Gasteiger partial charge in [0.05, 0.1) is 28.5 Å². The molecule has 2 aliphatic rings. The number of para-hydroxylation sites is 2. The van der Waals surface area contributed by atoms with Crippen molar-refractivity contribution >= 4 is 27.5 Å². The molecule has 30 heavy (non-hydrogen) atoms. The Morgan fingerprint density at radius 3 is 2.17 bits per heavy atom. The molecule has 1 fully saturated rings. The Balaban J connectivity index is 1.54. The molecule has 0 N–H and O–H groups in total. The SMILES string of the molecule is CN1c2ccccc2N(C2CCN(C(=O)c3ccccc3C(F)(F)F)CC2)S1(=O)=O. The summed E-state index contributed by atoms with van der Waals surface area (Å²) in [5.41, 5.74) is -0.195. The van der Waals surface area contributed by atoms with Crippen LogP contribution in [0.1, 0.15) is 28.8 Å². The Hall–Kier alpha value is -2.75. The molecule has 160 valence electrons. The zero-order valence-corrected chi connectivity index (χ0v) is 16.9. The lowest BCUT2D eigenvalue weighted by molar-refractivity contribution is -0.138. The number of amides is 1. The van der Waals surface area contributed by atoms with Gasteiger partial charge < -0.3 is 4.90 Å². The van der Waals surface area contributed by atoms with E-state index in [1.165, 1.54) is 38.8 Å². The lowest BCUT2D eigenvalue weighted by Crippen LogP contribution is -2.49. The molecule has 4 rings (SSSR count). The van der Waals surface area contributed by atoms with E-state index in [9.17, 15) is 26.4 Å². The van der Waals surface area contributed by atoms with E-state index in [1.807, 2.05) is 0 Å². The maximum atomic E-state index is 13.3. The molecule has 10 heteroatoms. The number of anilines is 2. The summed E-state index contributed by atoms with van der Waals surface area (Å²) in [7, 11) is -2.24.